The lowest BCUT2D eigenvalue weighted by Gasteiger charge is -2.21. The van der Waals surface area contributed by atoms with Crippen molar-refractivity contribution in [3.8, 4) is 0 Å². The van der Waals surface area contributed by atoms with Gasteiger partial charge in [-0.05, 0) is 25.1 Å². The molecule has 3 heteroatoms. The Morgan fingerprint density at radius 1 is 1.23 bits per heavy atom. The van der Waals surface area contributed by atoms with Crippen LogP contribution in [0.15, 0.2) is 0 Å². The highest BCUT2D eigenvalue weighted by atomic mass is 32.2. The Balaban J connectivity index is 1.86. The molecule has 0 saturated carbocycles. The van der Waals surface area contributed by atoms with Crippen LogP contribution in [0, 0.1) is 0 Å². The molecule has 1 atom stereocenters. The lowest BCUT2D eigenvalue weighted by Crippen LogP contribution is -2.32. The van der Waals surface area contributed by atoms with Crippen molar-refractivity contribution in [3.63, 3.8) is 0 Å². The van der Waals surface area contributed by atoms with Crippen molar-refractivity contribution in [1.29, 1.82) is 0 Å². The molecule has 0 aromatic rings. The first-order valence-electron chi connectivity index (χ1n) is 5.46. The molecule has 1 rings (SSSR count). The molecule has 1 unspecified atom stereocenters. The van der Waals surface area contributed by atoms with Gasteiger partial charge in [0.2, 0.25) is 0 Å². The predicted molar refractivity (Wildman–Crippen MR) is 61.5 cm³/mol. The van der Waals surface area contributed by atoms with Crippen LogP contribution in [0.4, 0.5) is 0 Å². The van der Waals surface area contributed by atoms with Crippen LogP contribution in [-0.2, 0) is 0 Å². The maximum absolute atomic E-state index is 3.51. The molecule has 1 heterocycles. The van der Waals surface area contributed by atoms with Crippen molar-refractivity contribution >= 4 is 11.8 Å². The van der Waals surface area contributed by atoms with Crippen LogP contribution in [-0.4, -0.2) is 37.2 Å². The summed E-state index contributed by atoms with van der Waals surface area (Å²) in [6, 6.07) is 0. The molecule has 13 heavy (non-hydrogen) atoms. The molecule has 1 fully saturated rings. The molecule has 2 N–H and O–H groups in total. The van der Waals surface area contributed by atoms with Crippen LogP contribution in [0.3, 0.4) is 0 Å². The second kappa shape index (κ2) is 7.65. The number of rotatable bonds is 6. The Bertz CT molecular complexity index is 113. The van der Waals surface area contributed by atoms with Gasteiger partial charge in [-0.2, -0.15) is 11.8 Å². The lowest BCUT2D eigenvalue weighted by molar-refractivity contribution is 0.579. The van der Waals surface area contributed by atoms with Gasteiger partial charge >= 0.3 is 0 Å². The van der Waals surface area contributed by atoms with Gasteiger partial charge in [-0.1, -0.05) is 13.3 Å². The quantitative estimate of drug-likeness (QED) is 0.638. The normalized spacial score (nSPS) is 23.3. The van der Waals surface area contributed by atoms with Gasteiger partial charge in [-0.3, -0.25) is 0 Å². The van der Waals surface area contributed by atoms with Crippen molar-refractivity contribution in [3.05, 3.63) is 0 Å². The molecular weight excluding hydrogens is 180 g/mol. The molecule has 0 aromatic carbocycles. The minimum Gasteiger partial charge on any atom is -0.316 e. The summed E-state index contributed by atoms with van der Waals surface area (Å²) >= 11 is 2.14. The van der Waals surface area contributed by atoms with Crippen LogP contribution in [0.5, 0.6) is 0 Å². The zero-order valence-corrected chi connectivity index (χ0v) is 9.46. The van der Waals surface area contributed by atoms with Gasteiger partial charge in [0.25, 0.3) is 0 Å². The number of thioether (sulfide) groups is 1. The van der Waals surface area contributed by atoms with Crippen LogP contribution in [0.2, 0.25) is 0 Å². The van der Waals surface area contributed by atoms with Crippen molar-refractivity contribution in [2.24, 2.45) is 0 Å². The lowest BCUT2D eigenvalue weighted by atomic mass is 10.2. The van der Waals surface area contributed by atoms with Gasteiger partial charge < -0.3 is 10.6 Å². The molecule has 2 nitrogen and oxygen atoms in total. The first-order valence-corrected chi connectivity index (χ1v) is 6.51. The van der Waals surface area contributed by atoms with E-state index < -0.39 is 0 Å². The van der Waals surface area contributed by atoms with Gasteiger partial charge in [0.05, 0.1) is 0 Å². The Morgan fingerprint density at radius 2 is 2.08 bits per heavy atom. The standard InChI is InChI=1S/C10H22N2S/c1-2-11-6-7-12-9-10-5-3-4-8-13-10/h10-12H,2-9H2,1H3. The summed E-state index contributed by atoms with van der Waals surface area (Å²) in [5, 5.41) is 7.71. The van der Waals surface area contributed by atoms with Crippen molar-refractivity contribution in [2.75, 3.05) is 31.9 Å². The Morgan fingerprint density at radius 3 is 2.77 bits per heavy atom. The number of hydrogen-bond donors (Lipinski definition) is 2. The van der Waals surface area contributed by atoms with Crippen molar-refractivity contribution in [1.82, 2.24) is 10.6 Å². The van der Waals surface area contributed by atoms with Crippen LogP contribution >= 0.6 is 11.8 Å². The monoisotopic (exact) mass is 202 g/mol. The zero-order valence-electron chi connectivity index (χ0n) is 8.64. The SMILES string of the molecule is CCNCCNCC1CCCCS1. The highest BCUT2D eigenvalue weighted by molar-refractivity contribution is 7.99. The molecule has 0 bridgehead atoms. The molecule has 1 saturated heterocycles. The second-order valence-corrected chi connectivity index (χ2v) is 4.95. The number of hydrogen-bond acceptors (Lipinski definition) is 3. The Kier molecular flexibility index (Phi) is 6.68. The van der Waals surface area contributed by atoms with E-state index >= 15 is 0 Å². The molecule has 0 aliphatic carbocycles. The van der Waals surface area contributed by atoms with Crippen molar-refractivity contribution < 1.29 is 0 Å². The molecular formula is C10H22N2S. The fourth-order valence-corrected chi connectivity index (χ4v) is 2.86. The van der Waals surface area contributed by atoms with Gasteiger partial charge in [-0.25, -0.2) is 0 Å². The largest absolute Gasteiger partial charge is 0.316 e. The summed E-state index contributed by atoms with van der Waals surface area (Å²) in [6.07, 6.45) is 4.28. The van der Waals surface area contributed by atoms with E-state index in [2.05, 4.69) is 29.3 Å². The summed E-state index contributed by atoms with van der Waals surface area (Å²) in [5.74, 6) is 1.37. The van der Waals surface area contributed by atoms with Crippen molar-refractivity contribution in [2.45, 2.75) is 31.4 Å². The summed E-state index contributed by atoms with van der Waals surface area (Å²) in [6.45, 7) is 6.66. The smallest absolute Gasteiger partial charge is 0.0172 e. The Hall–Kier alpha value is 0.270. The van der Waals surface area contributed by atoms with Crippen LogP contribution < -0.4 is 10.6 Å². The zero-order chi connectivity index (χ0) is 9.36. The summed E-state index contributed by atoms with van der Waals surface area (Å²) < 4.78 is 0. The van der Waals surface area contributed by atoms with E-state index in [1.807, 2.05) is 0 Å². The van der Waals surface area contributed by atoms with Gasteiger partial charge in [0.1, 0.15) is 0 Å². The topological polar surface area (TPSA) is 24.1 Å². The molecule has 0 amide bonds. The fourth-order valence-electron chi connectivity index (χ4n) is 1.58. The third kappa shape index (κ3) is 5.55. The fraction of sp³-hybridized carbons (Fsp3) is 1.00. The maximum atomic E-state index is 3.51. The first kappa shape index (κ1) is 11.3. The van der Waals surface area contributed by atoms with Crippen LogP contribution in [0.1, 0.15) is 26.2 Å². The highest BCUT2D eigenvalue weighted by Crippen LogP contribution is 2.23. The van der Waals surface area contributed by atoms with E-state index in [4.69, 9.17) is 0 Å². The third-order valence-electron chi connectivity index (χ3n) is 2.37. The van der Waals surface area contributed by atoms with E-state index in [1.54, 1.807) is 0 Å². The van der Waals surface area contributed by atoms with Crippen LogP contribution in [0.25, 0.3) is 0 Å². The molecule has 1 aliphatic heterocycles. The number of nitrogens with one attached hydrogen (secondary N) is 2. The van der Waals surface area contributed by atoms with Gasteiger partial charge in [0, 0.05) is 24.9 Å². The molecule has 1 aliphatic rings. The summed E-state index contributed by atoms with van der Waals surface area (Å²) in [5.41, 5.74) is 0. The highest BCUT2D eigenvalue weighted by Gasteiger charge is 2.12. The number of likely N-dealkylation sites (N-methyl/N-ethyl adjacent to an activating group) is 1. The molecule has 0 radical (unpaired) electrons. The first-order chi connectivity index (χ1) is 6.43. The average molecular weight is 202 g/mol. The minimum atomic E-state index is 0.885. The third-order valence-corrected chi connectivity index (χ3v) is 3.77. The van der Waals surface area contributed by atoms with E-state index in [0.717, 1.165) is 24.9 Å². The maximum Gasteiger partial charge on any atom is 0.0172 e. The molecule has 78 valence electrons. The van der Waals surface area contributed by atoms with Gasteiger partial charge in [0.15, 0.2) is 0 Å². The molecule has 0 aromatic heterocycles. The summed E-state index contributed by atoms with van der Waals surface area (Å²) in [4.78, 5) is 0. The summed E-state index contributed by atoms with van der Waals surface area (Å²) in [7, 11) is 0. The second-order valence-electron chi connectivity index (χ2n) is 3.55. The predicted octanol–water partition coefficient (Wildman–Crippen LogP) is 1.47. The van der Waals surface area contributed by atoms with E-state index in [1.165, 1.54) is 31.6 Å². The van der Waals surface area contributed by atoms with E-state index in [0.29, 0.717) is 0 Å². The average Bonchev–Trinajstić information content (AvgIpc) is 2.19. The Labute approximate surface area is 86.2 Å². The van der Waals surface area contributed by atoms with Gasteiger partial charge in [-0.15, -0.1) is 0 Å². The minimum absolute atomic E-state index is 0.885. The molecule has 0 spiro atoms. The van der Waals surface area contributed by atoms with E-state index in [9.17, 15) is 0 Å². The van der Waals surface area contributed by atoms with E-state index in [-0.39, 0.29) is 0 Å².